The minimum Gasteiger partial charge on any atom is -0.340 e. The van der Waals surface area contributed by atoms with Gasteiger partial charge in [0.1, 0.15) is 0 Å². The summed E-state index contributed by atoms with van der Waals surface area (Å²) in [4.78, 5) is 18.5. The van der Waals surface area contributed by atoms with Gasteiger partial charge < -0.3 is 9.80 Å². The number of nitrogens with zero attached hydrogens (tertiary/aromatic N) is 3. The summed E-state index contributed by atoms with van der Waals surface area (Å²) in [7, 11) is 4.22. The van der Waals surface area contributed by atoms with Gasteiger partial charge in [0.2, 0.25) is 5.91 Å². The zero-order valence-corrected chi connectivity index (χ0v) is 11.8. The van der Waals surface area contributed by atoms with Gasteiger partial charge in [-0.25, -0.2) is 0 Å². The van der Waals surface area contributed by atoms with Gasteiger partial charge in [0.05, 0.1) is 0 Å². The number of hydrogen-bond acceptors (Lipinski definition) is 3. The summed E-state index contributed by atoms with van der Waals surface area (Å²) >= 11 is 0. The van der Waals surface area contributed by atoms with Crippen molar-refractivity contribution < 1.29 is 4.79 Å². The second kappa shape index (κ2) is 6.97. The molecule has 0 aromatic rings. The molecule has 4 nitrogen and oxygen atoms in total. The van der Waals surface area contributed by atoms with Gasteiger partial charge in [-0.1, -0.05) is 13.8 Å². The predicted octanol–water partition coefficient (Wildman–Crippen LogP) is 0.738. The van der Waals surface area contributed by atoms with Crippen LogP contribution in [0.15, 0.2) is 0 Å². The van der Waals surface area contributed by atoms with E-state index in [1.54, 1.807) is 0 Å². The van der Waals surface area contributed by atoms with E-state index in [0.29, 0.717) is 5.91 Å². The monoisotopic (exact) mass is 241 g/mol. The Bertz CT molecular complexity index is 233. The highest BCUT2D eigenvalue weighted by atomic mass is 16.2. The molecular formula is C13H27N3O. The fraction of sp³-hybridized carbons (Fsp3) is 0.923. The predicted molar refractivity (Wildman–Crippen MR) is 71.0 cm³/mol. The first-order valence-corrected chi connectivity index (χ1v) is 6.66. The van der Waals surface area contributed by atoms with E-state index in [4.69, 9.17) is 0 Å². The molecule has 1 fully saturated rings. The molecule has 100 valence electrons. The average Bonchev–Trinajstić information content (AvgIpc) is 2.28. The Morgan fingerprint density at radius 1 is 1.18 bits per heavy atom. The summed E-state index contributed by atoms with van der Waals surface area (Å²) in [6, 6.07) is 0. The Morgan fingerprint density at radius 3 is 2.24 bits per heavy atom. The molecule has 0 unspecified atom stereocenters. The minimum absolute atomic E-state index is 0.135. The normalized spacial score (nSPS) is 18.1. The molecule has 1 rings (SSSR count). The number of amides is 1. The van der Waals surface area contributed by atoms with Crippen molar-refractivity contribution in [3.63, 3.8) is 0 Å². The van der Waals surface area contributed by atoms with Crippen molar-refractivity contribution in [3.8, 4) is 0 Å². The molecule has 4 heteroatoms. The molecule has 1 saturated heterocycles. The summed E-state index contributed by atoms with van der Waals surface area (Å²) in [6.45, 7) is 10.1. The molecule has 17 heavy (non-hydrogen) atoms. The summed E-state index contributed by atoms with van der Waals surface area (Å²) < 4.78 is 0. The van der Waals surface area contributed by atoms with Gasteiger partial charge in [-0.15, -0.1) is 0 Å². The molecule has 0 aromatic carbocycles. The molecule has 0 bridgehead atoms. The number of rotatable bonds is 5. The van der Waals surface area contributed by atoms with Crippen molar-refractivity contribution in [2.45, 2.75) is 20.3 Å². The lowest BCUT2D eigenvalue weighted by atomic mass is 10.1. The van der Waals surface area contributed by atoms with E-state index in [1.165, 1.54) is 6.42 Å². The average molecular weight is 241 g/mol. The number of piperazine rings is 1. The quantitative estimate of drug-likeness (QED) is 0.710. The van der Waals surface area contributed by atoms with Crippen LogP contribution in [0.25, 0.3) is 0 Å². The molecule has 0 spiro atoms. The van der Waals surface area contributed by atoms with Crippen LogP contribution in [0.4, 0.5) is 0 Å². The number of carbonyl (C=O) groups is 1. The number of hydrogen-bond donors (Lipinski definition) is 0. The van der Waals surface area contributed by atoms with Crippen LogP contribution in [-0.4, -0.2) is 74.0 Å². The summed E-state index contributed by atoms with van der Waals surface area (Å²) in [5.74, 6) is 0.438. The fourth-order valence-electron chi connectivity index (χ4n) is 2.17. The Labute approximate surface area is 106 Å². The maximum absolute atomic E-state index is 11.8. The first-order valence-electron chi connectivity index (χ1n) is 6.66. The molecule has 1 aliphatic heterocycles. The van der Waals surface area contributed by atoms with E-state index in [-0.39, 0.29) is 5.92 Å². The summed E-state index contributed by atoms with van der Waals surface area (Å²) in [5, 5.41) is 0. The van der Waals surface area contributed by atoms with Crippen molar-refractivity contribution in [1.29, 1.82) is 0 Å². The van der Waals surface area contributed by atoms with Gasteiger partial charge in [0.25, 0.3) is 0 Å². The molecule has 0 saturated carbocycles. The van der Waals surface area contributed by atoms with Crippen LogP contribution in [0.2, 0.25) is 0 Å². The highest BCUT2D eigenvalue weighted by molar-refractivity contribution is 5.78. The third-order valence-corrected chi connectivity index (χ3v) is 3.26. The summed E-state index contributed by atoms with van der Waals surface area (Å²) in [5.41, 5.74) is 0. The van der Waals surface area contributed by atoms with Gasteiger partial charge >= 0.3 is 0 Å². The Kier molecular flexibility index (Phi) is 5.92. The molecule has 0 radical (unpaired) electrons. The van der Waals surface area contributed by atoms with Crippen molar-refractivity contribution in [2.75, 3.05) is 53.4 Å². The molecular weight excluding hydrogens is 214 g/mol. The molecule has 0 aromatic heterocycles. The van der Waals surface area contributed by atoms with Crippen LogP contribution in [0, 0.1) is 5.92 Å². The maximum Gasteiger partial charge on any atom is 0.225 e. The van der Waals surface area contributed by atoms with Crippen molar-refractivity contribution in [2.24, 2.45) is 5.92 Å². The SMILES string of the molecule is CC(C)C(=O)N1CCN(CCCN(C)C)CC1. The zero-order chi connectivity index (χ0) is 12.8. The Balaban J connectivity index is 2.19. The first kappa shape index (κ1) is 14.5. The topological polar surface area (TPSA) is 26.8 Å². The molecule has 1 amide bonds. The molecule has 0 aliphatic carbocycles. The third-order valence-electron chi connectivity index (χ3n) is 3.26. The van der Waals surface area contributed by atoms with Crippen molar-refractivity contribution in [3.05, 3.63) is 0 Å². The Hall–Kier alpha value is -0.610. The van der Waals surface area contributed by atoms with Crippen LogP contribution in [-0.2, 0) is 4.79 Å². The zero-order valence-electron chi connectivity index (χ0n) is 11.8. The fourth-order valence-corrected chi connectivity index (χ4v) is 2.17. The van der Waals surface area contributed by atoms with Gasteiger partial charge in [0.15, 0.2) is 0 Å². The van der Waals surface area contributed by atoms with E-state index in [0.717, 1.165) is 39.3 Å². The molecule has 0 N–H and O–H groups in total. The highest BCUT2D eigenvalue weighted by Gasteiger charge is 2.22. The second-order valence-corrected chi connectivity index (χ2v) is 5.48. The standard InChI is InChI=1S/C13H27N3O/c1-12(2)13(17)16-10-8-15(9-11-16)7-5-6-14(3)4/h12H,5-11H2,1-4H3. The third kappa shape index (κ3) is 5.04. The van der Waals surface area contributed by atoms with Crippen LogP contribution in [0.5, 0.6) is 0 Å². The minimum atomic E-state index is 0.135. The first-order chi connectivity index (χ1) is 8.00. The second-order valence-electron chi connectivity index (χ2n) is 5.48. The lowest BCUT2D eigenvalue weighted by molar-refractivity contribution is -0.136. The van der Waals surface area contributed by atoms with Crippen LogP contribution >= 0.6 is 0 Å². The largest absolute Gasteiger partial charge is 0.340 e. The van der Waals surface area contributed by atoms with Crippen molar-refractivity contribution >= 4 is 5.91 Å². The smallest absolute Gasteiger partial charge is 0.225 e. The lowest BCUT2D eigenvalue weighted by Gasteiger charge is -2.35. The summed E-state index contributed by atoms with van der Waals surface area (Å²) in [6.07, 6.45) is 1.21. The van der Waals surface area contributed by atoms with Gasteiger partial charge in [0, 0.05) is 32.1 Å². The molecule has 0 atom stereocenters. The van der Waals surface area contributed by atoms with Crippen molar-refractivity contribution in [1.82, 2.24) is 14.7 Å². The van der Waals surface area contributed by atoms with E-state index in [2.05, 4.69) is 23.9 Å². The van der Waals surface area contributed by atoms with Crippen LogP contribution in [0.3, 0.4) is 0 Å². The highest BCUT2D eigenvalue weighted by Crippen LogP contribution is 2.07. The number of carbonyl (C=O) groups excluding carboxylic acids is 1. The molecule has 1 aliphatic rings. The van der Waals surface area contributed by atoms with Gasteiger partial charge in [-0.05, 0) is 33.6 Å². The maximum atomic E-state index is 11.8. The van der Waals surface area contributed by atoms with Gasteiger partial charge in [-0.2, -0.15) is 0 Å². The van der Waals surface area contributed by atoms with E-state index < -0.39 is 0 Å². The van der Waals surface area contributed by atoms with Crippen LogP contribution < -0.4 is 0 Å². The Morgan fingerprint density at radius 2 is 1.76 bits per heavy atom. The van der Waals surface area contributed by atoms with Gasteiger partial charge in [-0.3, -0.25) is 9.69 Å². The van der Waals surface area contributed by atoms with E-state index in [1.807, 2.05) is 18.7 Å². The van der Waals surface area contributed by atoms with E-state index >= 15 is 0 Å². The van der Waals surface area contributed by atoms with E-state index in [9.17, 15) is 4.79 Å². The lowest BCUT2D eigenvalue weighted by Crippen LogP contribution is -2.50. The molecule has 1 heterocycles. The van der Waals surface area contributed by atoms with Crippen LogP contribution in [0.1, 0.15) is 20.3 Å².